The van der Waals surface area contributed by atoms with E-state index < -0.39 is 5.97 Å². The second-order valence-electron chi connectivity index (χ2n) is 6.68. The summed E-state index contributed by atoms with van der Waals surface area (Å²) in [6, 6.07) is 0.166. The van der Waals surface area contributed by atoms with Gasteiger partial charge in [0.05, 0.1) is 7.11 Å². The predicted octanol–water partition coefficient (Wildman–Crippen LogP) is 2.09. The molecule has 0 aromatic rings. The molecule has 0 spiro atoms. The SMILES string of the molecule is COC(=O)N1CC(CC(=O)O)CC(NCC2CCCCC2)C1. The van der Waals surface area contributed by atoms with Crippen molar-refractivity contribution in [2.75, 3.05) is 26.7 Å². The summed E-state index contributed by atoms with van der Waals surface area (Å²) >= 11 is 0. The number of carbonyl (C=O) groups excluding carboxylic acids is 1. The number of piperidine rings is 1. The summed E-state index contributed by atoms with van der Waals surface area (Å²) in [5, 5.41) is 12.6. The van der Waals surface area contributed by atoms with Gasteiger partial charge in [0, 0.05) is 25.6 Å². The minimum absolute atomic E-state index is 0.00536. The van der Waals surface area contributed by atoms with Crippen molar-refractivity contribution in [2.45, 2.75) is 51.0 Å². The summed E-state index contributed by atoms with van der Waals surface area (Å²) in [4.78, 5) is 24.4. The van der Waals surface area contributed by atoms with Gasteiger partial charge in [0.15, 0.2) is 0 Å². The van der Waals surface area contributed by atoms with Crippen LogP contribution in [0.15, 0.2) is 0 Å². The van der Waals surface area contributed by atoms with E-state index >= 15 is 0 Å². The quantitative estimate of drug-likeness (QED) is 0.812. The molecule has 1 saturated heterocycles. The average Bonchev–Trinajstić information content (AvgIpc) is 2.52. The maximum Gasteiger partial charge on any atom is 0.409 e. The second-order valence-corrected chi connectivity index (χ2v) is 6.68. The van der Waals surface area contributed by atoms with Crippen LogP contribution in [0.2, 0.25) is 0 Å². The Hall–Kier alpha value is -1.30. The van der Waals surface area contributed by atoms with Gasteiger partial charge < -0.3 is 20.1 Å². The van der Waals surface area contributed by atoms with Crippen LogP contribution in [0, 0.1) is 11.8 Å². The van der Waals surface area contributed by atoms with E-state index in [4.69, 9.17) is 9.84 Å². The first-order valence-electron chi connectivity index (χ1n) is 8.36. The third kappa shape index (κ3) is 5.16. The van der Waals surface area contributed by atoms with E-state index in [9.17, 15) is 9.59 Å². The number of nitrogens with zero attached hydrogens (tertiary/aromatic N) is 1. The fourth-order valence-corrected chi connectivity index (χ4v) is 3.75. The maximum atomic E-state index is 11.8. The van der Waals surface area contributed by atoms with E-state index in [1.165, 1.54) is 39.2 Å². The number of carboxylic acid groups (broad SMARTS) is 1. The monoisotopic (exact) mass is 312 g/mol. The van der Waals surface area contributed by atoms with E-state index in [1.807, 2.05) is 0 Å². The number of nitrogens with one attached hydrogen (secondary N) is 1. The number of carboxylic acids is 1. The number of likely N-dealkylation sites (tertiary alicyclic amines) is 1. The topological polar surface area (TPSA) is 78.9 Å². The Bertz CT molecular complexity index is 382. The molecule has 0 bridgehead atoms. The van der Waals surface area contributed by atoms with Gasteiger partial charge in [0.25, 0.3) is 0 Å². The summed E-state index contributed by atoms with van der Waals surface area (Å²) in [7, 11) is 1.37. The number of ether oxygens (including phenoxy) is 1. The molecule has 126 valence electrons. The van der Waals surface area contributed by atoms with E-state index in [0.717, 1.165) is 18.9 Å². The molecule has 2 aliphatic rings. The van der Waals surface area contributed by atoms with Crippen molar-refractivity contribution in [3.05, 3.63) is 0 Å². The van der Waals surface area contributed by atoms with E-state index in [-0.39, 0.29) is 24.5 Å². The molecule has 0 aromatic carbocycles. The fourth-order valence-electron chi connectivity index (χ4n) is 3.75. The van der Waals surface area contributed by atoms with Crippen LogP contribution >= 0.6 is 0 Å². The molecule has 6 nitrogen and oxygen atoms in total. The molecule has 2 N–H and O–H groups in total. The molecule has 2 unspecified atom stereocenters. The number of carbonyl (C=O) groups is 2. The zero-order valence-corrected chi connectivity index (χ0v) is 13.4. The van der Waals surface area contributed by atoms with Crippen molar-refractivity contribution in [2.24, 2.45) is 11.8 Å². The van der Waals surface area contributed by atoms with Gasteiger partial charge in [-0.15, -0.1) is 0 Å². The molecule has 0 aromatic heterocycles. The van der Waals surface area contributed by atoms with Crippen molar-refractivity contribution in [1.82, 2.24) is 10.2 Å². The predicted molar refractivity (Wildman–Crippen MR) is 82.7 cm³/mol. The smallest absolute Gasteiger partial charge is 0.409 e. The lowest BCUT2D eigenvalue weighted by Crippen LogP contribution is -2.52. The van der Waals surface area contributed by atoms with Crippen LogP contribution in [0.25, 0.3) is 0 Å². The first-order valence-corrected chi connectivity index (χ1v) is 8.36. The summed E-state index contributed by atoms with van der Waals surface area (Å²) in [6.45, 7) is 2.05. The summed E-state index contributed by atoms with van der Waals surface area (Å²) in [6.07, 6.45) is 7.08. The number of hydrogen-bond donors (Lipinski definition) is 2. The summed E-state index contributed by atoms with van der Waals surface area (Å²) in [5.41, 5.74) is 0. The van der Waals surface area contributed by atoms with Crippen LogP contribution in [-0.4, -0.2) is 54.9 Å². The Balaban J connectivity index is 1.86. The molecule has 2 fully saturated rings. The zero-order chi connectivity index (χ0) is 15.9. The van der Waals surface area contributed by atoms with E-state index in [1.54, 1.807) is 4.90 Å². The number of rotatable bonds is 5. The molecule has 22 heavy (non-hydrogen) atoms. The molecule has 1 heterocycles. The van der Waals surface area contributed by atoms with Crippen molar-refractivity contribution < 1.29 is 19.4 Å². The molecule has 2 rings (SSSR count). The maximum absolute atomic E-state index is 11.8. The highest BCUT2D eigenvalue weighted by atomic mass is 16.5. The van der Waals surface area contributed by atoms with Gasteiger partial charge in [-0.3, -0.25) is 4.79 Å². The minimum atomic E-state index is -0.803. The van der Waals surface area contributed by atoms with Crippen LogP contribution < -0.4 is 5.32 Å². The van der Waals surface area contributed by atoms with E-state index in [2.05, 4.69) is 5.32 Å². The summed E-state index contributed by atoms with van der Waals surface area (Å²) in [5.74, 6) is -0.0860. The number of hydrogen-bond acceptors (Lipinski definition) is 4. The molecule has 1 amide bonds. The Morgan fingerprint density at radius 3 is 2.55 bits per heavy atom. The fraction of sp³-hybridized carbons (Fsp3) is 0.875. The molecular weight excluding hydrogens is 284 g/mol. The van der Waals surface area contributed by atoms with Gasteiger partial charge in [0.2, 0.25) is 0 Å². The van der Waals surface area contributed by atoms with Crippen molar-refractivity contribution in [3.63, 3.8) is 0 Å². The second kappa shape index (κ2) is 8.36. The number of amides is 1. The molecular formula is C16H28N2O4. The van der Waals surface area contributed by atoms with Crippen LogP contribution in [0.5, 0.6) is 0 Å². The Labute approximate surface area is 132 Å². The average molecular weight is 312 g/mol. The standard InChI is InChI=1S/C16H28N2O4/c1-22-16(21)18-10-13(8-15(19)20)7-14(11-18)17-9-12-5-3-2-4-6-12/h12-14,17H,2-11H2,1H3,(H,19,20). The van der Waals surface area contributed by atoms with Gasteiger partial charge in [0.1, 0.15) is 0 Å². The van der Waals surface area contributed by atoms with E-state index in [0.29, 0.717) is 13.1 Å². The lowest BCUT2D eigenvalue weighted by atomic mass is 9.88. The molecule has 0 radical (unpaired) electrons. The molecule has 1 saturated carbocycles. The largest absolute Gasteiger partial charge is 0.481 e. The van der Waals surface area contributed by atoms with Crippen LogP contribution in [0.3, 0.4) is 0 Å². The first-order chi connectivity index (χ1) is 10.6. The highest BCUT2D eigenvalue weighted by molar-refractivity contribution is 5.69. The van der Waals surface area contributed by atoms with Crippen molar-refractivity contribution in [1.29, 1.82) is 0 Å². The van der Waals surface area contributed by atoms with Crippen molar-refractivity contribution >= 4 is 12.1 Å². The minimum Gasteiger partial charge on any atom is -0.481 e. The first kappa shape index (κ1) is 17.1. The molecule has 6 heteroatoms. The Morgan fingerprint density at radius 1 is 1.18 bits per heavy atom. The number of aliphatic carboxylic acids is 1. The van der Waals surface area contributed by atoms with Crippen LogP contribution in [-0.2, 0) is 9.53 Å². The Kier molecular flexibility index (Phi) is 6.49. The van der Waals surface area contributed by atoms with Gasteiger partial charge >= 0.3 is 12.1 Å². The van der Waals surface area contributed by atoms with Gasteiger partial charge in [-0.05, 0) is 37.6 Å². The zero-order valence-electron chi connectivity index (χ0n) is 13.4. The van der Waals surface area contributed by atoms with Crippen LogP contribution in [0.4, 0.5) is 4.79 Å². The number of methoxy groups -OCH3 is 1. The molecule has 1 aliphatic heterocycles. The van der Waals surface area contributed by atoms with Gasteiger partial charge in [-0.25, -0.2) is 4.79 Å². The lowest BCUT2D eigenvalue weighted by molar-refractivity contribution is -0.138. The van der Waals surface area contributed by atoms with Gasteiger partial charge in [-0.1, -0.05) is 19.3 Å². The van der Waals surface area contributed by atoms with Crippen LogP contribution in [0.1, 0.15) is 44.9 Å². The summed E-state index contributed by atoms with van der Waals surface area (Å²) < 4.78 is 4.80. The highest BCUT2D eigenvalue weighted by Crippen LogP contribution is 2.24. The van der Waals surface area contributed by atoms with Crippen molar-refractivity contribution in [3.8, 4) is 0 Å². The lowest BCUT2D eigenvalue weighted by Gasteiger charge is -2.37. The third-order valence-corrected chi connectivity index (χ3v) is 4.85. The third-order valence-electron chi connectivity index (χ3n) is 4.85. The molecule has 1 aliphatic carbocycles. The molecule has 2 atom stereocenters. The highest BCUT2D eigenvalue weighted by Gasteiger charge is 2.31. The van der Waals surface area contributed by atoms with Gasteiger partial charge in [-0.2, -0.15) is 0 Å². The normalized spacial score (nSPS) is 26.7. The Morgan fingerprint density at radius 2 is 1.91 bits per heavy atom.